The van der Waals surface area contributed by atoms with E-state index in [0.717, 1.165) is 6.42 Å². The summed E-state index contributed by atoms with van der Waals surface area (Å²) in [4.78, 5) is 32.1. The van der Waals surface area contributed by atoms with Gasteiger partial charge in [-0.25, -0.2) is 9.79 Å². The number of esters is 1. The smallest absolute Gasteiger partial charge is 0.338 e. The van der Waals surface area contributed by atoms with Crippen LogP contribution in [0.4, 0.5) is 0 Å². The summed E-state index contributed by atoms with van der Waals surface area (Å²) in [6.45, 7) is 3.95. The lowest BCUT2D eigenvalue weighted by Crippen LogP contribution is -2.40. The van der Waals surface area contributed by atoms with Crippen LogP contribution in [0.3, 0.4) is 0 Å². The maximum atomic E-state index is 13.7. The molecule has 1 aliphatic rings. The summed E-state index contributed by atoms with van der Waals surface area (Å²) in [5, 5.41) is 0.459. The molecule has 0 radical (unpaired) electrons. The number of benzene rings is 1. The van der Waals surface area contributed by atoms with Crippen molar-refractivity contribution >= 4 is 57.6 Å². The van der Waals surface area contributed by atoms with Gasteiger partial charge < -0.3 is 13.9 Å². The third-order valence-electron chi connectivity index (χ3n) is 5.25. The van der Waals surface area contributed by atoms with Crippen molar-refractivity contribution in [3.05, 3.63) is 81.4 Å². The summed E-state index contributed by atoms with van der Waals surface area (Å²) >= 11 is 9.66. The van der Waals surface area contributed by atoms with Crippen LogP contribution in [-0.4, -0.2) is 24.3 Å². The quantitative estimate of drug-likeness (QED) is 0.291. The zero-order valence-corrected chi connectivity index (χ0v) is 22.5. The first-order valence-electron chi connectivity index (χ1n) is 10.7. The van der Waals surface area contributed by atoms with Crippen LogP contribution in [0.5, 0.6) is 5.75 Å². The van der Waals surface area contributed by atoms with Crippen molar-refractivity contribution < 1.29 is 18.7 Å². The fourth-order valence-electron chi connectivity index (χ4n) is 3.87. The Morgan fingerprint density at radius 2 is 2.12 bits per heavy atom. The van der Waals surface area contributed by atoms with Gasteiger partial charge >= 0.3 is 5.97 Å². The van der Waals surface area contributed by atoms with Gasteiger partial charge in [0.1, 0.15) is 17.6 Å². The Hall–Kier alpha value is -2.37. The van der Waals surface area contributed by atoms with Gasteiger partial charge in [-0.3, -0.25) is 9.36 Å². The number of carbonyl (C=O) groups excluding carboxylic acids is 1. The number of allylic oxidation sites excluding steroid dienone is 1. The van der Waals surface area contributed by atoms with E-state index in [-0.39, 0.29) is 12.2 Å². The van der Waals surface area contributed by atoms with E-state index in [1.807, 2.05) is 13.0 Å². The highest BCUT2D eigenvalue weighted by atomic mass is 127. The number of aromatic nitrogens is 1. The molecule has 0 aliphatic carbocycles. The number of carbonyl (C=O) groups is 1. The standard InChI is InChI=1S/C24H22ClIN2O5S/c1-4-6-16-20(23(30)32-5-2)21(15-11-13(25)7-9-17(15)31-3)28-22(29)18(34-24(28)27-16)12-14-8-10-19(26)33-14/h7-12,21H,4-6H2,1-3H3/b18-12+/t21-/m1/s1. The van der Waals surface area contributed by atoms with Crippen molar-refractivity contribution in [2.75, 3.05) is 13.7 Å². The van der Waals surface area contributed by atoms with Crippen molar-refractivity contribution in [1.29, 1.82) is 0 Å². The molecule has 3 heterocycles. The number of hydrogen-bond acceptors (Lipinski definition) is 7. The van der Waals surface area contributed by atoms with E-state index >= 15 is 0 Å². The van der Waals surface area contributed by atoms with Crippen LogP contribution in [0.25, 0.3) is 6.08 Å². The molecule has 0 amide bonds. The lowest BCUT2D eigenvalue weighted by molar-refractivity contribution is -0.139. The van der Waals surface area contributed by atoms with Gasteiger partial charge in [-0.15, -0.1) is 0 Å². The van der Waals surface area contributed by atoms with Crippen LogP contribution in [0.1, 0.15) is 44.1 Å². The molecular weight excluding hydrogens is 591 g/mol. The van der Waals surface area contributed by atoms with Gasteiger partial charge in [-0.05, 0) is 66.3 Å². The Morgan fingerprint density at radius 3 is 2.76 bits per heavy atom. The molecular formula is C24H22ClIN2O5S. The van der Waals surface area contributed by atoms with Crippen molar-refractivity contribution in [2.24, 2.45) is 4.99 Å². The molecule has 0 saturated carbocycles. The third-order valence-corrected chi connectivity index (χ3v) is 7.04. The van der Waals surface area contributed by atoms with Crippen LogP contribution in [-0.2, 0) is 9.53 Å². The van der Waals surface area contributed by atoms with Crippen molar-refractivity contribution in [2.45, 2.75) is 32.7 Å². The van der Waals surface area contributed by atoms with E-state index in [1.54, 1.807) is 37.3 Å². The molecule has 178 valence electrons. The summed E-state index contributed by atoms with van der Waals surface area (Å²) in [6, 6.07) is 7.95. The monoisotopic (exact) mass is 612 g/mol. The van der Waals surface area contributed by atoms with E-state index in [0.29, 0.717) is 52.9 Å². The Balaban J connectivity index is 2.05. The molecule has 1 aromatic carbocycles. The second kappa shape index (κ2) is 10.5. The Labute approximate surface area is 218 Å². The van der Waals surface area contributed by atoms with Gasteiger partial charge in [0.15, 0.2) is 8.57 Å². The highest BCUT2D eigenvalue weighted by Gasteiger charge is 2.36. The number of thiazole rings is 1. The minimum Gasteiger partial charge on any atom is -0.496 e. The highest BCUT2D eigenvalue weighted by molar-refractivity contribution is 14.1. The number of hydrogen-bond donors (Lipinski definition) is 0. The number of methoxy groups -OCH3 is 1. The zero-order valence-electron chi connectivity index (χ0n) is 18.8. The lowest BCUT2D eigenvalue weighted by atomic mass is 9.93. The summed E-state index contributed by atoms with van der Waals surface area (Å²) in [5.74, 6) is 0.547. The topological polar surface area (TPSA) is 83.0 Å². The first-order valence-corrected chi connectivity index (χ1v) is 13.0. The largest absolute Gasteiger partial charge is 0.496 e. The average Bonchev–Trinajstić information content (AvgIpc) is 3.35. The van der Waals surface area contributed by atoms with Crippen molar-refractivity contribution in [1.82, 2.24) is 4.57 Å². The first-order chi connectivity index (χ1) is 16.4. The van der Waals surface area contributed by atoms with Crippen LogP contribution >= 0.6 is 45.5 Å². The molecule has 0 bridgehead atoms. The van der Waals surface area contributed by atoms with Gasteiger partial charge in [-0.2, -0.15) is 0 Å². The second-order valence-electron chi connectivity index (χ2n) is 7.44. The van der Waals surface area contributed by atoms with Gasteiger partial charge in [0.25, 0.3) is 5.56 Å². The summed E-state index contributed by atoms with van der Waals surface area (Å²) in [6.07, 6.45) is 3.00. The molecule has 1 aliphatic heterocycles. The second-order valence-corrected chi connectivity index (χ2v) is 9.95. The SMILES string of the molecule is CCCC1=C(C(=O)OCC)[C@@H](c2cc(Cl)ccc2OC)n2c(s/c(=C/c3ccc(I)o3)c2=O)=N1. The van der Waals surface area contributed by atoms with Crippen LogP contribution < -0.4 is 19.6 Å². The Morgan fingerprint density at radius 1 is 1.32 bits per heavy atom. The van der Waals surface area contributed by atoms with E-state index in [1.165, 1.54) is 23.0 Å². The molecule has 3 aromatic rings. The van der Waals surface area contributed by atoms with Crippen LogP contribution in [0, 0.1) is 3.77 Å². The van der Waals surface area contributed by atoms with Gasteiger partial charge in [-0.1, -0.05) is 36.3 Å². The Bertz CT molecular complexity index is 1450. The van der Waals surface area contributed by atoms with E-state index < -0.39 is 12.0 Å². The van der Waals surface area contributed by atoms with E-state index in [9.17, 15) is 9.59 Å². The minimum atomic E-state index is -0.801. The maximum absolute atomic E-state index is 13.7. The summed E-state index contributed by atoms with van der Waals surface area (Å²) in [7, 11) is 1.54. The lowest BCUT2D eigenvalue weighted by Gasteiger charge is -2.27. The normalized spacial score (nSPS) is 15.8. The average molecular weight is 613 g/mol. The molecule has 10 heteroatoms. The number of fused-ring (bicyclic) bond motifs is 1. The fraction of sp³-hybridized carbons (Fsp3) is 0.292. The predicted octanol–water partition coefficient (Wildman–Crippen LogP) is 4.44. The predicted molar refractivity (Wildman–Crippen MR) is 139 cm³/mol. The van der Waals surface area contributed by atoms with E-state index in [4.69, 9.17) is 30.5 Å². The third kappa shape index (κ3) is 4.73. The number of halogens is 2. The first kappa shape index (κ1) is 24.7. The van der Waals surface area contributed by atoms with Crippen LogP contribution in [0.15, 0.2) is 55.8 Å². The zero-order chi connectivity index (χ0) is 24.4. The molecule has 2 aromatic heterocycles. The summed E-state index contributed by atoms with van der Waals surface area (Å²) < 4.78 is 19.3. The maximum Gasteiger partial charge on any atom is 0.338 e. The van der Waals surface area contributed by atoms with E-state index in [2.05, 4.69) is 22.6 Å². The number of ether oxygens (including phenoxy) is 2. The number of rotatable bonds is 7. The molecule has 0 saturated heterocycles. The van der Waals surface area contributed by atoms with Gasteiger partial charge in [0.05, 0.1) is 29.5 Å². The van der Waals surface area contributed by atoms with Gasteiger partial charge in [0, 0.05) is 16.7 Å². The summed E-state index contributed by atoms with van der Waals surface area (Å²) in [5.41, 5.74) is 1.20. The molecule has 0 spiro atoms. The number of furan rings is 1. The highest BCUT2D eigenvalue weighted by Crippen LogP contribution is 2.38. The molecule has 1 atom stereocenters. The number of nitrogens with zero attached hydrogens (tertiary/aromatic N) is 2. The Kier molecular flexibility index (Phi) is 7.63. The van der Waals surface area contributed by atoms with Gasteiger partial charge in [0.2, 0.25) is 0 Å². The van der Waals surface area contributed by atoms with Crippen LogP contribution in [0.2, 0.25) is 5.02 Å². The molecule has 0 fully saturated rings. The fourth-order valence-corrected chi connectivity index (χ4v) is 5.48. The molecule has 7 nitrogen and oxygen atoms in total. The van der Waals surface area contributed by atoms with Crippen molar-refractivity contribution in [3.63, 3.8) is 0 Å². The minimum absolute atomic E-state index is 0.197. The van der Waals surface area contributed by atoms with Crippen molar-refractivity contribution in [3.8, 4) is 5.75 Å². The molecule has 4 rings (SSSR count). The molecule has 0 N–H and O–H groups in total. The molecule has 0 unspecified atom stereocenters. The molecule has 34 heavy (non-hydrogen) atoms.